The summed E-state index contributed by atoms with van der Waals surface area (Å²) in [5.41, 5.74) is -0.185. The fourth-order valence-electron chi connectivity index (χ4n) is 2.32. The van der Waals surface area contributed by atoms with E-state index < -0.39 is 27.9 Å². The number of halogens is 1. The molecule has 0 amide bonds. The minimum Gasteiger partial charge on any atom is -0.465 e. The van der Waals surface area contributed by atoms with Gasteiger partial charge in [0, 0.05) is 12.6 Å². The molecule has 2 atom stereocenters. The van der Waals surface area contributed by atoms with Crippen LogP contribution in [0.25, 0.3) is 0 Å². The van der Waals surface area contributed by atoms with Crippen LogP contribution in [0.2, 0.25) is 0 Å². The summed E-state index contributed by atoms with van der Waals surface area (Å²) in [6.07, 6.45) is -0.277. The largest absolute Gasteiger partial charge is 0.465 e. The van der Waals surface area contributed by atoms with Crippen molar-refractivity contribution in [3.63, 3.8) is 0 Å². The van der Waals surface area contributed by atoms with Crippen LogP contribution in [-0.4, -0.2) is 51.1 Å². The number of rotatable bonds is 3. The van der Waals surface area contributed by atoms with Gasteiger partial charge in [-0.15, -0.1) is 0 Å². The number of carbonyl (C=O) groups excluding carboxylic acids is 1. The van der Waals surface area contributed by atoms with Crippen molar-refractivity contribution < 1.29 is 27.1 Å². The maximum atomic E-state index is 13.5. The lowest BCUT2D eigenvalue weighted by atomic mass is 10.2. The van der Waals surface area contributed by atoms with E-state index in [1.165, 1.54) is 4.31 Å². The number of ether oxygens (including phenoxy) is 2. The van der Waals surface area contributed by atoms with E-state index in [4.69, 9.17) is 4.74 Å². The highest BCUT2D eigenvalue weighted by Gasteiger charge is 2.36. The van der Waals surface area contributed by atoms with Crippen molar-refractivity contribution in [3.8, 4) is 0 Å². The van der Waals surface area contributed by atoms with E-state index in [0.717, 1.165) is 25.3 Å². The third-order valence-electron chi connectivity index (χ3n) is 3.49. The molecule has 1 heterocycles. The maximum absolute atomic E-state index is 13.5. The molecule has 0 unspecified atom stereocenters. The van der Waals surface area contributed by atoms with Gasteiger partial charge in [-0.1, -0.05) is 0 Å². The molecule has 1 aliphatic rings. The molecule has 22 heavy (non-hydrogen) atoms. The Morgan fingerprint density at radius 3 is 2.73 bits per heavy atom. The van der Waals surface area contributed by atoms with Gasteiger partial charge in [-0.2, -0.15) is 4.31 Å². The van der Waals surface area contributed by atoms with Crippen molar-refractivity contribution in [1.29, 1.82) is 0 Å². The highest BCUT2D eigenvalue weighted by atomic mass is 32.2. The number of carbonyl (C=O) groups is 1. The second kappa shape index (κ2) is 6.31. The molecule has 6 nitrogen and oxygen atoms in total. The highest BCUT2D eigenvalue weighted by molar-refractivity contribution is 7.89. The predicted octanol–water partition coefficient (Wildman–Crippen LogP) is 1.41. The fourth-order valence-corrected chi connectivity index (χ4v) is 4.21. The number of morpholine rings is 1. The molecule has 2 rings (SSSR count). The van der Waals surface area contributed by atoms with Crippen molar-refractivity contribution in [2.45, 2.75) is 30.9 Å². The van der Waals surface area contributed by atoms with Gasteiger partial charge >= 0.3 is 5.97 Å². The lowest BCUT2D eigenvalue weighted by Crippen LogP contribution is -2.50. The van der Waals surface area contributed by atoms with E-state index in [-0.39, 0.29) is 29.7 Å². The van der Waals surface area contributed by atoms with Gasteiger partial charge in [-0.3, -0.25) is 0 Å². The Morgan fingerprint density at radius 2 is 2.09 bits per heavy atom. The van der Waals surface area contributed by atoms with Crippen LogP contribution in [0.15, 0.2) is 23.1 Å². The van der Waals surface area contributed by atoms with Crippen molar-refractivity contribution >= 4 is 16.0 Å². The lowest BCUT2D eigenvalue weighted by Gasteiger charge is -2.35. The standard InChI is InChI=1S/C14H18FNO5S/c1-9-8-21-10(2)7-16(9)22(18,19)13-6-11(15)4-5-12(13)14(17)20-3/h4-6,9-10H,7-8H2,1-3H3/t9-,10+/m0/s1. The van der Waals surface area contributed by atoms with Crippen molar-refractivity contribution in [2.75, 3.05) is 20.3 Å². The third-order valence-corrected chi connectivity index (χ3v) is 5.51. The molecule has 0 spiro atoms. The average Bonchev–Trinajstić information content (AvgIpc) is 2.48. The van der Waals surface area contributed by atoms with E-state index in [1.807, 2.05) is 0 Å². The molecular formula is C14H18FNO5S. The second-order valence-corrected chi connectivity index (χ2v) is 7.06. The molecule has 0 aliphatic carbocycles. The molecule has 0 saturated carbocycles. The first-order chi connectivity index (χ1) is 10.3. The number of nitrogens with zero attached hydrogens (tertiary/aromatic N) is 1. The SMILES string of the molecule is COC(=O)c1ccc(F)cc1S(=O)(=O)N1C[C@@H](C)OC[C@@H]1C. The van der Waals surface area contributed by atoms with Crippen molar-refractivity contribution in [1.82, 2.24) is 4.31 Å². The number of hydrogen-bond donors (Lipinski definition) is 0. The molecule has 0 bridgehead atoms. The van der Waals surface area contributed by atoms with Gasteiger partial charge in [0.05, 0.1) is 30.3 Å². The summed E-state index contributed by atoms with van der Waals surface area (Å²) in [5.74, 6) is -1.56. The summed E-state index contributed by atoms with van der Waals surface area (Å²) in [6, 6.07) is 2.57. The van der Waals surface area contributed by atoms with E-state index in [9.17, 15) is 17.6 Å². The van der Waals surface area contributed by atoms with Crippen molar-refractivity contribution in [3.05, 3.63) is 29.6 Å². The molecule has 1 aromatic rings. The Morgan fingerprint density at radius 1 is 1.41 bits per heavy atom. The van der Waals surface area contributed by atoms with Gasteiger partial charge in [0.1, 0.15) is 5.82 Å². The zero-order valence-corrected chi connectivity index (χ0v) is 13.4. The molecule has 1 saturated heterocycles. The zero-order valence-electron chi connectivity index (χ0n) is 12.6. The third kappa shape index (κ3) is 3.13. The molecule has 122 valence electrons. The number of benzene rings is 1. The van der Waals surface area contributed by atoms with Crippen molar-refractivity contribution in [2.24, 2.45) is 0 Å². The van der Waals surface area contributed by atoms with Crippen LogP contribution in [0.1, 0.15) is 24.2 Å². The zero-order chi connectivity index (χ0) is 16.5. The average molecular weight is 331 g/mol. The molecule has 1 fully saturated rings. The van der Waals surface area contributed by atoms with Crippen LogP contribution in [-0.2, 0) is 19.5 Å². The summed E-state index contributed by atoms with van der Waals surface area (Å²) < 4.78 is 50.4. The second-order valence-electron chi connectivity index (χ2n) is 5.20. The molecule has 0 aromatic heterocycles. The minimum absolute atomic E-state index is 0.140. The van der Waals surface area contributed by atoms with Crippen LogP contribution in [0.5, 0.6) is 0 Å². The normalized spacial score (nSPS) is 23.3. The van der Waals surface area contributed by atoms with Crippen LogP contribution in [0.4, 0.5) is 4.39 Å². The van der Waals surface area contributed by atoms with E-state index >= 15 is 0 Å². The molecular weight excluding hydrogens is 313 g/mol. The molecule has 8 heteroatoms. The van der Waals surface area contributed by atoms with Gasteiger partial charge in [-0.05, 0) is 32.0 Å². The quantitative estimate of drug-likeness (QED) is 0.783. The summed E-state index contributed by atoms with van der Waals surface area (Å²) in [6.45, 7) is 3.83. The van der Waals surface area contributed by atoms with Crippen LogP contribution in [0, 0.1) is 5.82 Å². The van der Waals surface area contributed by atoms with Gasteiger partial charge in [0.25, 0.3) is 0 Å². The molecule has 1 aromatic carbocycles. The highest BCUT2D eigenvalue weighted by Crippen LogP contribution is 2.26. The Hall–Kier alpha value is -1.51. The Balaban J connectivity index is 2.53. The Bertz CT molecular complexity index is 676. The number of sulfonamides is 1. The summed E-state index contributed by atoms with van der Waals surface area (Å²) in [5, 5.41) is 0. The number of esters is 1. The van der Waals surface area contributed by atoms with Crippen LogP contribution >= 0.6 is 0 Å². The van der Waals surface area contributed by atoms with Crippen LogP contribution < -0.4 is 0 Å². The number of hydrogen-bond acceptors (Lipinski definition) is 5. The molecule has 0 radical (unpaired) electrons. The van der Waals surface area contributed by atoms with E-state index in [1.54, 1.807) is 13.8 Å². The maximum Gasteiger partial charge on any atom is 0.339 e. The predicted molar refractivity (Wildman–Crippen MR) is 76.5 cm³/mol. The summed E-state index contributed by atoms with van der Waals surface area (Å²) in [4.78, 5) is 11.4. The molecule has 0 N–H and O–H groups in total. The van der Waals surface area contributed by atoms with Gasteiger partial charge < -0.3 is 9.47 Å². The van der Waals surface area contributed by atoms with Gasteiger partial charge in [0.15, 0.2) is 0 Å². The first-order valence-corrected chi connectivity index (χ1v) is 8.22. The first kappa shape index (κ1) is 16.9. The Kier molecular flexibility index (Phi) is 4.84. The Labute approximate surface area is 128 Å². The summed E-state index contributed by atoms with van der Waals surface area (Å²) >= 11 is 0. The fraction of sp³-hybridized carbons (Fsp3) is 0.500. The van der Waals surface area contributed by atoms with Gasteiger partial charge in [-0.25, -0.2) is 17.6 Å². The minimum atomic E-state index is -4.04. The topological polar surface area (TPSA) is 72.9 Å². The lowest BCUT2D eigenvalue weighted by molar-refractivity contribution is -0.0170. The van der Waals surface area contributed by atoms with Gasteiger partial charge in [0.2, 0.25) is 10.0 Å². The number of methoxy groups -OCH3 is 1. The molecule has 1 aliphatic heterocycles. The first-order valence-electron chi connectivity index (χ1n) is 6.78. The van der Waals surface area contributed by atoms with E-state index in [0.29, 0.717) is 0 Å². The van der Waals surface area contributed by atoms with Crippen LogP contribution in [0.3, 0.4) is 0 Å². The monoisotopic (exact) mass is 331 g/mol. The van der Waals surface area contributed by atoms with E-state index in [2.05, 4.69) is 4.74 Å². The summed E-state index contributed by atoms with van der Waals surface area (Å²) in [7, 11) is -2.90. The smallest absolute Gasteiger partial charge is 0.339 e.